The van der Waals surface area contributed by atoms with Crippen LogP contribution in [0.4, 0.5) is 0 Å². The quantitative estimate of drug-likeness (QED) is 0.824. The van der Waals surface area contributed by atoms with E-state index in [2.05, 4.69) is 15.9 Å². The van der Waals surface area contributed by atoms with Crippen LogP contribution >= 0.6 is 15.9 Å². The summed E-state index contributed by atoms with van der Waals surface area (Å²) in [6.45, 7) is 0. The van der Waals surface area contributed by atoms with Gasteiger partial charge in [-0.1, -0.05) is 0 Å². The van der Waals surface area contributed by atoms with Crippen molar-refractivity contribution in [2.75, 3.05) is 0 Å². The number of furan rings is 1. The molecule has 1 saturated carbocycles. The maximum atomic E-state index is 5.92. The molecule has 1 aromatic heterocycles. The molecule has 1 aliphatic carbocycles. The molecule has 1 heterocycles. The molecule has 0 saturated heterocycles. The molecule has 1 unspecified atom stereocenters. The van der Waals surface area contributed by atoms with Gasteiger partial charge in [-0.15, -0.1) is 0 Å². The van der Waals surface area contributed by atoms with Crippen molar-refractivity contribution in [1.29, 1.82) is 0 Å². The summed E-state index contributed by atoms with van der Waals surface area (Å²) >= 11 is 3.39. The maximum absolute atomic E-state index is 5.92. The molecule has 3 heteroatoms. The monoisotopic (exact) mass is 215 g/mol. The number of rotatable bonds is 2. The second kappa shape index (κ2) is 2.64. The molecular formula is C8H10BrNO. The van der Waals surface area contributed by atoms with Gasteiger partial charge >= 0.3 is 0 Å². The van der Waals surface area contributed by atoms with E-state index in [1.807, 2.05) is 6.07 Å². The molecule has 60 valence electrons. The van der Waals surface area contributed by atoms with Crippen LogP contribution in [0.5, 0.6) is 0 Å². The molecule has 0 bridgehead atoms. The van der Waals surface area contributed by atoms with E-state index in [1.54, 1.807) is 6.26 Å². The first-order chi connectivity index (χ1) is 5.29. The van der Waals surface area contributed by atoms with Gasteiger partial charge in [0.1, 0.15) is 5.76 Å². The lowest BCUT2D eigenvalue weighted by molar-refractivity contribution is 0.440. The van der Waals surface area contributed by atoms with Gasteiger partial charge in [-0.3, -0.25) is 0 Å². The van der Waals surface area contributed by atoms with Gasteiger partial charge in [-0.2, -0.15) is 0 Å². The molecule has 1 fully saturated rings. The van der Waals surface area contributed by atoms with Crippen molar-refractivity contribution in [1.82, 2.24) is 0 Å². The van der Waals surface area contributed by atoms with E-state index in [0.717, 1.165) is 10.2 Å². The SMILES string of the molecule is NC(c1occc1Br)C1CC1. The van der Waals surface area contributed by atoms with Crippen LogP contribution in [0, 0.1) is 5.92 Å². The van der Waals surface area contributed by atoms with E-state index in [0.29, 0.717) is 5.92 Å². The minimum absolute atomic E-state index is 0.0966. The van der Waals surface area contributed by atoms with Gasteiger partial charge in [-0.05, 0) is 40.8 Å². The molecule has 0 aromatic carbocycles. The average molecular weight is 216 g/mol. The maximum Gasteiger partial charge on any atom is 0.134 e. The Morgan fingerprint density at radius 1 is 1.64 bits per heavy atom. The lowest BCUT2D eigenvalue weighted by Gasteiger charge is -2.06. The second-order valence-corrected chi connectivity index (χ2v) is 3.85. The Kier molecular flexibility index (Phi) is 1.77. The Hall–Kier alpha value is -0.280. The lowest BCUT2D eigenvalue weighted by atomic mass is 10.1. The summed E-state index contributed by atoms with van der Waals surface area (Å²) in [6.07, 6.45) is 4.16. The average Bonchev–Trinajstić information content (AvgIpc) is 2.74. The topological polar surface area (TPSA) is 39.2 Å². The summed E-state index contributed by atoms with van der Waals surface area (Å²) in [5.74, 6) is 1.55. The third-order valence-electron chi connectivity index (χ3n) is 2.08. The van der Waals surface area contributed by atoms with Crippen LogP contribution in [0.25, 0.3) is 0 Å². The highest BCUT2D eigenvalue weighted by Gasteiger charge is 2.32. The number of hydrogen-bond donors (Lipinski definition) is 1. The van der Waals surface area contributed by atoms with E-state index >= 15 is 0 Å². The van der Waals surface area contributed by atoms with Crippen molar-refractivity contribution >= 4 is 15.9 Å². The van der Waals surface area contributed by atoms with Crippen molar-refractivity contribution in [2.24, 2.45) is 11.7 Å². The third-order valence-corrected chi connectivity index (χ3v) is 2.73. The molecule has 0 amide bonds. The number of hydrogen-bond acceptors (Lipinski definition) is 2. The standard InChI is InChI=1S/C8H10BrNO/c9-6-3-4-11-8(6)7(10)5-1-2-5/h3-5,7H,1-2,10H2. The zero-order valence-corrected chi connectivity index (χ0v) is 7.67. The fourth-order valence-corrected chi connectivity index (χ4v) is 1.68. The van der Waals surface area contributed by atoms with Crippen LogP contribution in [0.1, 0.15) is 24.6 Å². The van der Waals surface area contributed by atoms with Crippen LogP contribution in [-0.2, 0) is 0 Å². The van der Waals surface area contributed by atoms with Gasteiger partial charge in [0.2, 0.25) is 0 Å². The first kappa shape index (κ1) is 7.37. The Bertz CT molecular complexity index is 254. The van der Waals surface area contributed by atoms with E-state index in [-0.39, 0.29) is 6.04 Å². The summed E-state index contributed by atoms with van der Waals surface area (Å²) in [6, 6.07) is 1.98. The van der Waals surface area contributed by atoms with Crippen molar-refractivity contribution in [2.45, 2.75) is 18.9 Å². The molecule has 1 aromatic rings. The van der Waals surface area contributed by atoms with E-state index in [1.165, 1.54) is 12.8 Å². The molecule has 0 radical (unpaired) electrons. The summed E-state index contributed by atoms with van der Waals surface area (Å²) < 4.78 is 6.25. The lowest BCUT2D eigenvalue weighted by Crippen LogP contribution is -2.11. The normalized spacial score (nSPS) is 20.2. The highest BCUT2D eigenvalue weighted by Crippen LogP contribution is 2.41. The van der Waals surface area contributed by atoms with Gasteiger partial charge in [0, 0.05) is 0 Å². The fraction of sp³-hybridized carbons (Fsp3) is 0.500. The summed E-state index contributed by atoms with van der Waals surface area (Å²) in [5.41, 5.74) is 5.92. The molecule has 1 atom stereocenters. The third kappa shape index (κ3) is 1.35. The fourth-order valence-electron chi connectivity index (χ4n) is 1.21. The smallest absolute Gasteiger partial charge is 0.134 e. The molecule has 11 heavy (non-hydrogen) atoms. The minimum atomic E-state index is 0.0966. The summed E-state index contributed by atoms with van der Waals surface area (Å²) in [4.78, 5) is 0. The zero-order valence-electron chi connectivity index (χ0n) is 6.09. The number of nitrogens with two attached hydrogens (primary N) is 1. The Morgan fingerprint density at radius 2 is 2.36 bits per heavy atom. The molecular weight excluding hydrogens is 206 g/mol. The van der Waals surface area contributed by atoms with Crippen molar-refractivity contribution in [3.8, 4) is 0 Å². The highest BCUT2D eigenvalue weighted by atomic mass is 79.9. The van der Waals surface area contributed by atoms with Gasteiger partial charge in [0.05, 0.1) is 16.8 Å². The highest BCUT2D eigenvalue weighted by molar-refractivity contribution is 9.10. The van der Waals surface area contributed by atoms with Crippen LogP contribution in [0.2, 0.25) is 0 Å². The predicted molar refractivity (Wildman–Crippen MR) is 46.1 cm³/mol. The van der Waals surface area contributed by atoms with Crippen molar-refractivity contribution in [3.63, 3.8) is 0 Å². The van der Waals surface area contributed by atoms with Gasteiger partial charge in [0.25, 0.3) is 0 Å². The first-order valence-electron chi connectivity index (χ1n) is 3.77. The van der Waals surface area contributed by atoms with E-state index in [9.17, 15) is 0 Å². The van der Waals surface area contributed by atoms with E-state index in [4.69, 9.17) is 10.2 Å². The van der Waals surface area contributed by atoms with Crippen LogP contribution in [-0.4, -0.2) is 0 Å². The molecule has 2 N–H and O–H groups in total. The van der Waals surface area contributed by atoms with Crippen molar-refractivity contribution < 1.29 is 4.42 Å². The Morgan fingerprint density at radius 3 is 2.82 bits per heavy atom. The summed E-state index contributed by atoms with van der Waals surface area (Å²) in [5, 5.41) is 0. The summed E-state index contributed by atoms with van der Waals surface area (Å²) in [7, 11) is 0. The minimum Gasteiger partial charge on any atom is -0.466 e. The van der Waals surface area contributed by atoms with Crippen LogP contribution < -0.4 is 5.73 Å². The number of halogens is 1. The Balaban J connectivity index is 2.20. The molecule has 0 spiro atoms. The van der Waals surface area contributed by atoms with Gasteiger partial charge < -0.3 is 10.2 Å². The van der Waals surface area contributed by atoms with Crippen molar-refractivity contribution in [3.05, 3.63) is 22.6 Å². The zero-order chi connectivity index (χ0) is 7.84. The molecule has 0 aliphatic heterocycles. The van der Waals surface area contributed by atoms with Crippen LogP contribution in [0.3, 0.4) is 0 Å². The molecule has 1 aliphatic rings. The largest absolute Gasteiger partial charge is 0.466 e. The van der Waals surface area contributed by atoms with Crippen LogP contribution in [0.15, 0.2) is 21.2 Å². The predicted octanol–water partition coefficient (Wildman–Crippen LogP) is 2.45. The van der Waals surface area contributed by atoms with Gasteiger partial charge in [-0.25, -0.2) is 0 Å². The Labute approximate surface area is 73.9 Å². The molecule has 2 nitrogen and oxygen atoms in total. The first-order valence-corrected chi connectivity index (χ1v) is 4.57. The molecule has 2 rings (SSSR count). The van der Waals surface area contributed by atoms with E-state index < -0.39 is 0 Å². The second-order valence-electron chi connectivity index (χ2n) is 3.00. The van der Waals surface area contributed by atoms with Gasteiger partial charge in [0.15, 0.2) is 0 Å².